The van der Waals surface area contributed by atoms with Crippen LogP contribution < -0.4 is 9.44 Å². The second kappa shape index (κ2) is 8.23. The molecule has 0 aromatic rings. The summed E-state index contributed by atoms with van der Waals surface area (Å²) in [6.07, 6.45) is -0.877. The Kier molecular flexibility index (Phi) is 7.79. The number of aliphatic hydroxyl groups is 1. The van der Waals surface area contributed by atoms with E-state index >= 15 is 0 Å². The smallest absolute Gasteiger partial charge is 0.421 e. The highest BCUT2D eigenvalue weighted by molar-refractivity contribution is 7.88. The van der Waals surface area contributed by atoms with Crippen molar-refractivity contribution in [1.29, 1.82) is 0 Å². The van der Waals surface area contributed by atoms with Crippen LogP contribution in [0.25, 0.3) is 0 Å². The molecule has 0 aromatic heterocycles. The molecule has 0 aromatic carbocycles. The number of hydrogen-bond acceptors (Lipinski definition) is 6. The molecule has 102 valence electrons. The number of carbonyl (C=O) groups excluding carboxylic acids is 1. The first kappa shape index (κ1) is 16.1. The fourth-order valence-corrected chi connectivity index (χ4v) is 2.01. The summed E-state index contributed by atoms with van der Waals surface area (Å²) in [6, 6.07) is -0.614. The third-order valence-electron chi connectivity index (χ3n) is 1.66. The van der Waals surface area contributed by atoms with E-state index in [0.29, 0.717) is 0 Å². The molecule has 3 N–H and O–H groups in total. The fraction of sp³-hybridized carbons (Fsp3) is 0.875. The van der Waals surface area contributed by atoms with Crippen molar-refractivity contribution >= 4 is 16.3 Å². The molecule has 1 unspecified atom stereocenters. The van der Waals surface area contributed by atoms with Crippen LogP contribution in [0.15, 0.2) is 0 Å². The van der Waals surface area contributed by atoms with Gasteiger partial charge in [-0.25, -0.2) is 9.52 Å². The summed E-state index contributed by atoms with van der Waals surface area (Å²) in [5.41, 5.74) is 0. The minimum Gasteiger partial charge on any atom is -0.449 e. The maximum atomic E-state index is 11.4. The lowest BCUT2D eigenvalue weighted by atomic mass is 10.2. The molecule has 9 heteroatoms. The Bertz CT molecular complexity index is 312. The van der Waals surface area contributed by atoms with Crippen molar-refractivity contribution < 1.29 is 27.8 Å². The predicted molar refractivity (Wildman–Crippen MR) is 59.6 cm³/mol. The minimum atomic E-state index is -4.01. The molecule has 0 heterocycles. The largest absolute Gasteiger partial charge is 0.449 e. The van der Waals surface area contributed by atoms with Crippen molar-refractivity contribution in [1.82, 2.24) is 9.44 Å². The van der Waals surface area contributed by atoms with Gasteiger partial charge in [0.05, 0.1) is 13.2 Å². The van der Waals surface area contributed by atoms with Gasteiger partial charge in [0, 0.05) is 19.8 Å². The zero-order chi connectivity index (χ0) is 13.3. The van der Waals surface area contributed by atoms with Crippen LogP contribution in [0.1, 0.15) is 13.3 Å². The first-order chi connectivity index (χ1) is 7.95. The highest BCUT2D eigenvalue weighted by Gasteiger charge is 2.20. The number of aliphatic hydroxyl groups excluding tert-OH is 1. The Balaban J connectivity index is 4.34. The van der Waals surface area contributed by atoms with E-state index in [9.17, 15) is 13.2 Å². The van der Waals surface area contributed by atoms with Gasteiger partial charge in [-0.15, -0.1) is 0 Å². The van der Waals surface area contributed by atoms with Crippen LogP contribution in [-0.2, 0) is 19.7 Å². The SMILES string of the molecule is CCOC(=O)NS(=O)(=O)NC(CCO)COC. The van der Waals surface area contributed by atoms with Gasteiger partial charge in [0.1, 0.15) is 0 Å². The van der Waals surface area contributed by atoms with Crippen molar-refractivity contribution in [2.45, 2.75) is 19.4 Å². The van der Waals surface area contributed by atoms with Crippen LogP contribution in [0.3, 0.4) is 0 Å². The number of methoxy groups -OCH3 is 1. The first-order valence-electron chi connectivity index (χ1n) is 5.01. The zero-order valence-electron chi connectivity index (χ0n) is 9.80. The fourth-order valence-electron chi connectivity index (χ4n) is 1.05. The van der Waals surface area contributed by atoms with E-state index < -0.39 is 22.3 Å². The van der Waals surface area contributed by atoms with Crippen molar-refractivity contribution in [2.75, 3.05) is 26.9 Å². The average molecular weight is 270 g/mol. The topological polar surface area (TPSA) is 114 Å². The van der Waals surface area contributed by atoms with Crippen LogP contribution in [0.2, 0.25) is 0 Å². The molecule has 0 aliphatic rings. The van der Waals surface area contributed by atoms with E-state index in [1.54, 1.807) is 11.6 Å². The Morgan fingerprint density at radius 2 is 2.12 bits per heavy atom. The van der Waals surface area contributed by atoms with Gasteiger partial charge < -0.3 is 14.6 Å². The van der Waals surface area contributed by atoms with E-state index in [-0.39, 0.29) is 26.2 Å². The maximum absolute atomic E-state index is 11.4. The molecular weight excluding hydrogens is 252 g/mol. The summed E-state index contributed by atoms with van der Waals surface area (Å²) >= 11 is 0. The molecule has 0 saturated carbocycles. The van der Waals surface area contributed by atoms with Gasteiger partial charge in [-0.1, -0.05) is 0 Å². The van der Waals surface area contributed by atoms with Gasteiger partial charge in [-0.3, -0.25) is 0 Å². The third kappa shape index (κ3) is 7.91. The highest BCUT2D eigenvalue weighted by atomic mass is 32.2. The van der Waals surface area contributed by atoms with E-state index in [4.69, 9.17) is 9.84 Å². The molecule has 0 rings (SSSR count). The number of hydrogen-bond donors (Lipinski definition) is 3. The first-order valence-corrected chi connectivity index (χ1v) is 6.50. The second-order valence-corrected chi connectivity index (χ2v) is 4.56. The second-order valence-electron chi connectivity index (χ2n) is 3.11. The average Bonchev–Trinajstić information content (AvgIpc) is 2.16. The zero-order valence-corrected chi connectivity index (χ0v) is 10.6. The van der Waals surface area contributed by atoms with Crippen LogP contribution in [0.5, 0.6) is 0 Å². The molecule has 8 nitrogen and oxygen atoms in total. The van der Waals surface area contributed by atoms with Gasteiger partial charge in [-0.2, -0.15) is 13.1 Å². The Labute approximate surface area is 100 Å². The van der Waals surface area contributed by atoms with E-state index in [0.717, 1.165) is 0 Å². The summed E-state index contributed by atoms with van der Waals surface area (Å²) in [7, 11) is -2.61. The molecule has 1 amide bonds. The highest BCUT2D eigenvalue weighted by Crippen LogP contribution is 1.94. The Morgan fingerprint density at radius 3 is 2.59 bits per heavy atom. The summed E-state index contributed by atoms with van der Waals surface area (Å²) in [5.74, 6) is 0. The lowest BCUT2D eigenvalue weighted by Crippen LogP contribution is -2.47. The minimum absolute atomic E-state index is 0.0689. The number of carbonyl (C=O) groups is 1. The monoisotopic (exact) mass is 270 g/mol. The molecule has 0 spiro atoms. The number of ether oxygens (including phenoxy) is 2. The number of amides is 1. The third-order valence-corrected chi connectivity index (χ3v) is 2.74. The maximum Gasteiger partial charge on any atom is 0.421 e. The van der Waals surface area contributed by atoms with Crippen LogP contribution in [-0.4, -0.2) is 52.6 Å². The summed E-state index contributed by atoms with van der Waals surface area (Å²) in [4.78, 5) is 10.9. The molecule has 0 bridgehead atoms. The molecule has 0 radical (unpaired) electrons. The van der Waals surface area contributed by atoms with E-state index in [2.05, 4.69) is 9.46 Å². The van der Waals surface area contributed by atoms with Crippen molar-refractivity contribution in [3.8, 4) is 0 Å². The summed E-state index contributed by atoms with van der Waals surface area (Å²) in [6.45, 7) is 1.51. The molecule has 0 fully saturated rings. The predicted octanol–water partition coefficient (Wildman–Crippen LogP) is -1.04. The lowest BCUT2D eigenvalue weighted by molar-refractivity contribution is 0.154. The standard InChI is InChI=1S/C8H18N2O6S/c1-3-16-8(12)10-17(13,14)9-7(4-5-11)6-15-2/h7,9,11H,3-6H2,1-2H3,(H,10,12). The van der Waals surface area contributed by atoms with Crippen molar-refractivity contribution in [3.63, 3.8) is 0 Å². The molecule has 0 aliphatic heterocycles. The molecule has 0 aliphatic carbocycles. The van der Waals surface area contributed by atoms with Gasteiger partial charge in [-0.05, 0) is 13.3 Å². The number of rotatable bonds is 8. The normalized spacial score (nSPS) is 13.1. The molecule has 0 saturated heterocycles. The molecule has 17 heavy (non-hydrogen) atoms. The summed E-state index contributed by atoms with van der Waals surface area (Å²) < 4.78 is 35.9. The van der Waals surface area contributed by atoms with Gasteiger partial charge in [0.25, 0.3) is 0 Å². The number of nitrogens with one attached hydrogen (secondary N) is 2. The van der Waals surface area contributed by atoms with Crippen LogP contribution in [0, 0.1) is 0 Å². The molecular formula is C8H18N2O6S. The lowest BCUT2D eigenvalue weighted by Gasteiger charge is -2.16. The van der Waals surface area contributed by atoms with E-state index in [1.165, 1.54) is 7.11 Å². The van der Waals surface area contributed by atoms with Gasteiger partial charge in [0.15, 0.2) is 0 Å². The Morgan fingerprint density at radius 1 is 1.47 bits per heavy atom. The Hall–Kier alpha value is -0.900. The van der Waals surface area contributed by atoms with Crippen LogP contribution >= 0.6 is 0 Å². The van der Waals surface area contributed by atoms with Crippen molar-refractivity contribution in [3.05, 3.63) is 0 Å². The summed E-state index contributed by atoms with van der Waals surface area (Å²) in [5, 5.41) is 8.72. The van der Waals surface area contributed by atoms with Gasteiger partial charge >= 0.3 is 16.3 Å². The molecule has 1 atom stereocenters. The van der Waals surface area contributed by atoms with Crippen molar-refractivity contribution in [2.24, 2.45) is 0 Å². The quantitative estimate of drug-likeness (QED) is 0.519. The van der Waals surface area contributed by atoms with E-state index in [1.807, 2.05) is 0 Å². The van der Waals surface area contributed by atoms with Gasteiger partial charge in [0.2, 0.25) is 0 Å². The van der Waals surface area contributed by atoms with Crippen LogP contribution in [0.4, 0.5) is 4.79 Å².